The van der Waals surface area contributed by atoms with Gasteiger partial charge in [0.2, 0.25) is 0 Å². The van der Waals surface area contributed by atoms with Crippen molar-refractivity contribution in [2.75, 3.05) is 0 Å². The molecule has 0 aliphatic heterocycles. The van der Waals surface area contributed by atoms with E-state index in [0.717, 1.165) is 50.1 Å². The Morgan fingerprint density at radius 1 is 0.311 bits per heavy atom. The molecule has 6 aromatic carbocycles. The Hall–Kier alpha value is -5.57. The predicted octanol–water partition coefficient (Wildman–Crippen LogP) is 9.63. The SMILES string of the molecule is Cc1cc(C)c(C(=O)[C]([GeH2])(C(=O)c2c(C)cc(C)cc2C)C(=O)c2c(C)cc(C)cc2C)c(C)c1.O=C(c1ccccc1)[C]([GeH2])(C(=O)c1ccccc1)C(=O)c1ccccc1. The van der Waals surface area contributed by atoms with Crippen molar-refractivity contribution in [1.29, 1.82) is 0 Å². The molecule has 0 fully saturated rings. The summed E-state index contributed by atoms with van der Waals surface area (Å²) >= 11 is 0.415. The fourth-order valence-electron chi connectivity index (χ4n) is 8.38. The van der Waals surface area contributed by atoms with Gasteiger partial charge in [0.05, 0.1) is 0 Å². The van der Waals surface area contributed by atoms with Gasteiger partial charge in [-0.15, -0.1) is 0 Å². The summed E-state index contributed by atoms with van der Waals surface area (Å²) < 4.78 is -3.48. The van der Waals surface area contributed by atoms with Gasteiger partial charge < -0.3 is 0 Å². The first-order valence-corrected chi connectivity index (χ1v) is 23.1. The van der Waals surface area contributed by atoms with E-state index in [9.17, 15) is 28.8 Å². The minimum atomic E-state index is -1.78. The van der Waals surface area contributed by atoms with E-state index in [4.69, 9.17) is 0 Å². The van der Waals surface area contributed by atoms with Crippen molar-refractivity contribution in [2.45, 2.75) is 70.8 Å². The third-order valence-electron chi connectivity index (χ3n) is 11.1. The number of hydrogen-bond acceptors (Lipinski definition) is 6. The van der Waals surface area contributed by atoms with Crippen molar-refractivity contribution in [3.63, 3.8) is 0 Å². The first-order chi connectivity index (χ1) is 28.7. The van der Waals surface area contributed by atoms with Gasteiger partial charge in [0, 0.05) is 0 Å². The zero-order chi connectivity index (χ0) is 45.0. The molecule has 6 rings (SSSR count). The molecule has 0 atom stereocenters. The van der Waals surface area contributed by atoms with E-state index < -0.39 is 25.8 Å². The van der Waals surface area contributed by atoms with Gasteiger partial charge in [0.1, 0.15) is 0 Å². The van der Waals surface area contributed by atoms with Crippen LogP contribution in [-0.2, 0) is 0 Å². The van der Waals surface area contributed by atoms with Crippen LogP contribution in [0.25, 0.3) is 0 Å². The quantitative estimate of drug-likeness (QED) is 0.0689. The number of Topliss-reactive ketones (excluding diaryl/α,β-unsaturated/α-hetero) is 6. The summed E-state index contributed by atoms with van der Waals surface area (Å²) in [6, 6.07) is 37.3. The third kappa shape index (κ3) is 9.36. The Morgan fingerprint density at radius 2 is 0.492 bits per heavy atom. The second kappa shape index (κ2) is 19.0. The van der Waals surface area contributed by atoms with Crippen molar-refractivity contribution >= 4 is 67.7 Å². The van der Waals surface area contributed by atoms with Crippen LogP contribution >= 0.6 is 0 Å². The number of rotatable bonds is 12. The van der Waals surface area contributed by atoms with Crippen LogP contribution in [0.15, 0.2) is 127 Å². The van der Waals surface area contributed by atoms with Gasteiger partial charge in [-0.2, -0.15) is 0 Å². The van der Waals surface area contributed by atoms with Crippen molar-refractivity contribution < 1.29 is 28.8 Å². The van der Waals surface area contributed by atoms with Crippen molar-refractivity contribution in [3.8, 4) is 0 Å². The molecule has 0 saturated carbocycles. The summed E-state index contributed by atoms with van der Waals surface area (Å²) in [5, 5.41) is 0. The molecule has 2 radical (unpaired) electrons. The molecule has 0 heterocycles. The molecule has 308 valence electrons. The Balaban J connectivity index is 0.000000241. The average molecular weight is 930 g/mol. The molecule has 0 aromatic heterocycles. The second-order valence-electron chi connectivity index (χ2n) is 16.2. The topological polar surface area (TPSA) is 102 Å². The van der Waals surface area contributed by atoms with Gasteiger partial charge in [-0.25, -0.2) is 0 Å². The van der Waals surface area contributed by atoms with Gasteiger partial charge in [0.15, 0.2) is 0 Å². The molecule has 0 spiro atoms. The van der Waals surface area contributed by atoms with Crippen LogP contribution in [0.3, 0.4) is 0 Å². The number of carbonyl (C=O) groups excluding carboxylic acids is 6. The normalized spacial score (nSPS) is 11.3. The average Bonchev–Trinajstić information content (AvgIpc) is 3.22. The predicted molar refractivity (Wildman–Crippen MR) is 250 cm³/mol. The van der Waals surface area contributed by atoms with E-state index in [1.807, 2.05) is 98.7 Å². The van der Waals surface area contributed by atoms with Gasteiger partial charge in [-0.05, 0) is 0 Å². The minimum absolute atomic E-state index is 0.204. The van der Waals surface area contributed by atoms with Crippen molar-refractivity contribution in [1.82, 2.24) is 0 Å². The zero-order valence-corrected chi connectivity index (χ0v) is 42.4. The number of carbonyl (C=O) groups is 6. The van der Waals surface area contributed by atoms with Crippen LogP contribution in [0.1, 0.15) is 112 Å². The summed E-state index contributed by atoms with van der Waals surface area (Å²) in [5.74, 6) is -2.49. The van der Waals surface area contributed by atoms with Crippen LogP contribution in [0.2, 0.25) is 8.49 Å². The van der Waals surface area contributed by atoms with Gasteiger partial charge >= 0.3 is 378 Å². The molecule has 0 bridgehead atoms. The molecule has 6 nitrogen and oxygen atoms in total. The summed E-state index contributed by atoms with van der Waals surface area (Å²) in [7, 11) is 0. The van der Waals surface area contributed by atoms with E-state index >= 15 is 0 Å². The molecule has 0 saturated heterocycles. The molecule has 8 heteroatoms. The Bertz CT molecular complexity index is 2340. The molecule has 6 aromatic rings. The third-order valence-corrected chi connectivity index (χ3v) is 15.2. The van der Waals surface area contributed by atoms with E-state index in [0.29, 0.717) is 33.4 Å². The van der Waals surface area contributed by atoms with Gasteiger partial charge in [-0.1, -0.05) is 0 Å². The molecule has 0 N–H and O–H groups in total. The molecule has 0 amide bonds. The summed E-state index contributed by atoms with van der Waals surface area (Å²) in [6.45, 7) is 17.2. The van der Waals surface area contributed by atoms with E-state index in [-0.39, 0.29) is 50.4 Å². The standard InChI is InChI=1S/C31H35GeO3.C22H17GeO3/c1-16-10-19(4)25(20(5)11-16)28(33)31(32,29(34)26-21(6)12-17(2)13-22(26)7)30(35)27-23(8)14-18(3)15-24(27)9;23-22(19(24)16-10-4-1-5-11-16,20(25)17-12-6-2-7-13-17)21(26)18-14-8-3-9-15-18/h10-15H,32H2,1-9H3;1-15H,23H2. The first-order valence-electron chi connectivity index (χ1n) is 20.1. The first kappa shape index (κ1) is 46.5. The molecule has 61 heavy (non-hydrogen) atoms. The van der Waals surface area contributed by atoms with Crippen LogP contribution in [0.5, 0.6) is 0 Å². The van der Waals surface area contributed by atoms with Crippen molar-refractivity contribution in [3.05, 3.63) is 211 Å². The van der Waals surface area contributed by atoms with Crippen LogP contribution in [0.4, 0.5) is 0 Å². The molecular weight excluding hydrogens is 878 g/mol. The van der Waals surface area contributed by atoms with E-state index in [2.05, 4.69) is 0 Å². The fourth-order valence-corrected chi connectivity index (χ4v) is 10.8. The molecule has 0 aliphatic carbocycles. The molecule has 0 aliphatic rings. The summed E-state index contributed by atoms with van der Waals surface area (Å²) in [5.41, 5.74) is 10.4. The Morgan fingerprint density at radius 3 is 0.689 bits per heavy atom. The van der Waals surface area contributed by atoms with E-state index in [1.165, 1.54) is 0 Å². The molecule has 0 unspecified atom stereocenters. The number of benzene rings is 6. The van der Waals surface area contributed by atoms with Crippen LogP contribution < -0.4 is 0 Å². The number of aryl methyl sites for hydroxylation is 9. The Kier molecular flexibility index (Phi) is 14.5. The fraction of sp³-hybridized carbons (Fsp3) is 0.208. The zero-order valence-electron chi connectivity index (χ0n) is 36.5. The van der Waals surface area contributed by atoms with Crippen LogP contribution in [0, 0.1) is 62.3 Å². The van der Waals surface area contributed by atoms with Crippen molar-refractivity contribution in [2.24, 2.45) is 0 Å². The monoisotopic (exact) mass is 932 g/mol. The van der Waals surface area contributed by atoms with Crippen LogP contribution in [-0.4, -0.2) is 67.7 Å². The maximum absolute atomic E-state index is 14.4. The second-order valence-corrected chi connectivity index (χ2v) is 20.7. The molecular formula is C53H52Ge2O6. The van der Waals surface area contributed by atoms with E-state index in [1.54, 1.807) is 91.0 Å². The maximum atomic E-state index is 14.4. The van der Waals surface area contributed by atoms with Gasteiger partial charge in [0.25, 0.3) is 0 Å². The van der Waals surface area contributed by atoms with Gasteiger partial charge in [-0.3, -0.25) is 0 Å². The summed E-state index contributed by atoms with van der Waals surface area (Å²) in [6.07, 6.45) is 0. The summed E-state index contributed by atoms with van der Waals surface area (Å²) in [4.78, 5) is 83.1. The Labute approximate surface area is 376 Å². The number of hydrogen-bond donors (Lipinski definition) is 0. The number of ketones is 6.